The fourth-order valence-corrected chi connectivity index (χ4v) is 4.35. The number of hydrogen-bond acceptors (Lipinski definition) is 5. The first-order chi connectivity index (χ1) is 14.1. The zero-order valence-electron chi connectivity index (χ0n) is 16.9. The number of thiophene rings is 1. The number of rotatable bonds is 9. The summed E-state index contributed by atoms with van der Waals surface area (Å²) >= 11 is 1.47. The number of aliphatic hydroxyl groups is 1. The van der Waals surface area contributed by atoms with Crippen LogP contribution < -0.4 is 4.74 Å². The molecule has 1 aromatic heterocycles. The number of carbonyl (C=O) groups excluding carboxylic acids is 2. The Labute approximate surface area is 175 Å². The van der Waals surface area contributed by atoms with E-state index in [4.69, 9.17) is 4.74 Å². The Balaban J connectivity index is 1.90. The molecular formula is C23H27NO4S. The molecule has 1 N–H and O–H groups in total. The summed E-state index contributed by atoms with van der Waals surface area (Å²) in [6, 6.07) is 10.3. The summed E-state index contributed by atoms with van der Waals surface area (Å²) in [6.45, 7) is 5.23. The molecule has 6 heteroatoms. The zero-order valence-corrected chi connectivity index (χ0v) is 17.7. The molecule has 1 saturated heterocycles. The Morgan fingerprint density at radius 2 is 1.86 bits per heavy atom. The highest BCUT2D eigenvalue weighted by Crippen LogP contribution is 2.41. The van der Waals surface area contributed by atoms with E-state index < -0.39 is 17.7 Å². The van der Waals surface area contributed by atoms with Gasteiger partial charge in [-0.2, -0.15) is 0 Å². The number of benzene rings is 1. The van der Waals surface area contributed by atoms with Crippen LogP contribution in [-0.4, -0.2) is 34.8 Å². The van der Waals surface area contributed by atoms with Crippen molar-refractivity contribution < 1.29 is 19.4 Å². The standard InChI is InChI=1S/C23H27NO4S/c1-3-5-6-14-28-17-11-9-16(10-12-17)21(25)19-20(18-8-7-15-29-18)24(13-4-2)23(27)22(19)26/h7-12,15,20,25H,3-6,13-14H2,1-2H3/b21-19-. The lowest BCUT2D eigenvalue weighted by Gasteiger charge is -2.23. The summed E-state index contributed by atoms with van der Waals surface area (Å²) in [5.41, 5.74) is 0.657. The number of aliphatic hydroxyl groups excluding tert-OH is 1. The number of ether oxygens (including phenoxy) is 1. The highest BCUT2D eigenvalue weighted by Gasteiger charge is 2.46. The van der Waals surface area contributed by atoms with E-state index in [2.05, 4.69) is 6.92 Å². The van der Waals surface area contributed by atoms with Gasteiger partial charge in [0.25, 0.3) is 11.7 Å². The molecule has 29 heavy (non-hydrogen) atoms. The van der Waals surface area contributed by atoms with Crippen molar-refractivity contribution in [2.24, 2.45) is 0 Å². The predicted octanol–water partition coefficient (Wildman–Crippen LogP) is 5.15. The third-order valence-electron chi connectivity index (χ3n) is 4.96. The summed E-state index contributed by atoms with van der Waals surface area (Å²) in [5.74, 6) is -0.603. The number of nitrogens with zero attached hydrogens (tertiary/aromatic N) is 1. The van der Waals surface area contributed by atoms with Crippen LogP contribution in [0.1, 0.15) is 56.0 Å². The Bertz CT molecular complexity index is 871. The molecule has 0 bridgehead atoms. The van der Waals surface area contributed by atoms with Crippen LogP contribution in [0, 0.1) is 0 Å². The summed E-state index contributed by atoms with van der Waals surface area (Å²) in [7, 11) is 0. The van der Waals surface area contributed by atoms with E-state index in [-0.39, 0.29) is 11.3 Å². The van der Waals surface area contributed by atoms with Crippen molar-refractivity contribution in [3.8, 4) is 5.75 Å². The lowest BCUT2D eigenvalue weighted by molar-refractivity contribution is -0.139. The first-order valence-corrected chi connectivity index (χ1v) is 11.0. The zero-order chi connectivity index (χ0) is 20.8. The normalized spacial score (nSPS) is 18.4. The second kappa shape index (κ2) is 9.74. The molecule has 154 valence electrons. The lowest BCUT2D eigenvalue weighted by Crippen LogP contribution is -2.30. The molecule has 0 aliphatic carbocycles. The Kier molecular flexibility index (Phi) is 7.09. The van der Waals surface area contributed by atoms with Gasteiger partial charge in [0.15, 0.2) is 0 Å². The van der Waals surface area contributed by atoms with E-state index in [0.29, 0.717) is 18.7 Å². The van der Waals surface area contributed by atoms with Gasteiger partial charge in [0.1, 0.15) is 11.5 Å². The Hall–Kier alpha value is -2.60. The van der Waals surface area contributed by atoms with Gasteiger partial charge in [-0.25, -0.2) is 0 Å². The minimum Gasteiger partial charge on any atom is -0.507 e. The maximum absolute atomic E-state index is 12.8. The van der Waals surface area contributed by atoms with Crippen LogP contribution in [0.5, 0.6) is 5.75 Å². The van der Waals surface area contributed by atoms with Gasteiger partial charge in [-0.05, 0) is 48.6 Å². The van der Waals surface area contributed by atoms with Crippen LogP contribution >= 0.6 is 11.3 Å². The molecular weight excluding hydrogens is 386 g/mol. The van der Waals surface area contributed by atoms with Gasteiger partial charge in [-0.1, -0.05) is 32.8 Å². The molecule has 1 unspecified atom stereocenters. The van der Waals surface area contributed by atoms with Gasteiger partial charge in [0.2, 0.25) is 0 Å². The Morgan fingerprint density at radius 3 is 2.48 bits per heavy atom. The van der Waals surface area contributed by atoms with E-state index >= 15 is 0 Å². The third kappa shape index (κ3) is 4.53. The number of Topliss-reactive ketones (excluding diaryl/α,β-unsaturated/α-hetero) is 1. The van der Waals surface area contributed by atoms with E-state index in [1.165, 1.54) is 11.3 Å². The van der Waals surface area contributed by atoms with Crippen molar-refractivity contribution in [1.29, 1.82) is 0 Å². The van der Waals surface area contributed by atoms with Crippen molar-refractivity contribution in [2.45, 2.75) is 45.6 Å². The fraction of sp³-hybridized carbons (Fsp3) is 0.391. The lowest BCUT2D eigenvalue weighted by atomic mass is 10.00. The fourth-order valence-electron chi connectivity index (χ4n) is 3.50. The predicted molar refractivity (Wildman–Crippen MR) is 115 cm³/mol. The molecule has 3 rings (SSSR count). The van der Waals surface area contributed by atoms with Crippen LogP contribution in [0.25, 0.3) is 5.76 Å². The number of hydrogen-bond donors (Lipinski definition) is 1. The molecule has 2 heterocycles. The monoisotopic (exact) mass is 413 g/mol. The van der Waals surface area contributed by atoms with Gasteiger partial charge < -0.3 is 14.7 Å². The quantitative estimate of drug-likeness (QED) is 0.267. The molecule has 1 aliphatic heterocycles. The summed E-state index contributed by atoms with van der Waals surface area (Å²) in [5, 5.41) is 12.9. The molecule has 1 aromatic carbocycles. The van der Waals surface area contributed by atoms with Crippen LogP contribution in [0.2, 0.25) is 0 Å². The summed E-state index contributed by atoms with van der Waals surface area (Å²) in [4.78, 5) is 27.8. The molecule has 2 aromatic rings. The van der Waals surface area contributed by atoms with Crippen molar-refractivity contribution >= 4 is 28.8 Å². The highest BCUT2D eigenvalue weighted by atomic mass is 32.1. The van der Waals surface area contributed by atoms with E-state index in [1.54, 1.807) is 29.2 Å². The van der Waals surface area contributed by atoms with Gasteiger partial charge in [-0.3, -0.25) is 9.59 Å². The van der Waals surface area contributed by atoms with Gasteiger partial charge in [-0.15, -0.1) is 11.3 Å². The minimum atomic E-state index is -0.630. The summed E-state index contributed by atoms with van der Waals surface area (Å²) in [6.07, 6.45) is 4.00. The van der Waals surface area contributed by atoms with Crippen LogP contribution in [-0.2, 0) is 9.59 Å². The molecule has 1 atom stereocenters. The molecule has 0 radical (unpaired) electrons. The second-order valence-corrected chi connectivity index (χ2v) is 8.07. The van der Waals surface area contributed by atoms with Crippen molar-refractivity contribution in [1.82, 2.24) is 4.90 Å². The van der Waals surface area contributed by atoms with E-state index in [9.17, 15) is 14.7 Å². The van der Waals surface area contributed by atoms with E-state index in [0.717, 1.165) is 36.3 Å². The average molecular weight is 414 g/mol. The van der Waals surface area contributed by atoms with Gasteiger partial charge >= 0.3 is 0 Å². The van der Waals surface area contributed by atoms with Crippen molar-refractivity contribution in [3.05, 3.63) is 57.8 Å². The van der Waals surface area contributed by atoms with Crippen LogP contribution in [0.15, 0.2) is 47.4 Å². The maximum atomic E-state index is 12.8. The summed E-state index contributed by atoms with van der Waals surface area (Å²) < 4.78 is 5.71. The topological polar surface area (TPSA) is 66.8 Å². The largest absolute Gasteiger partial charge is 0.507 e. The van der Waals surface area contributed by atoms with Crippen LogP contribution in [0.4, 0.5) is 0 Å². The first-order valence-electron chi connectivity index (χ1n) is 10.1. The second-order valence-electron chi connectivity index (χ2n) is 7.09. The van der Waals surface area contributed by atoms with Gasteiger partial charge in [0, 0.05) is 17.0 Å². The SMILES string of the molecule is CCCCCOc1ccc(/C(O)=C2/C(=O)C(=O)N(CCC)C2c2cccs2)cc1. The number of ketones is 1. The molecule has 1 amide bonds. The first kappa shape index (κ1) is 21.1. The molecule has 1 fully saturated rings. The molecule has 5 nitrogen and oxygen atoms in total. The molecule has 0 saturated carbocycles. The number of likely N-dealkylation sites (tertiary alicyclic amines) is 1. The van der Waals surface area contributed by atoms with Crippen LogP contribution in [0.3, 0.4) is 0 Å². The van der Waals surface area contributed by atoms with Crippen molar-refractivity contribution in [2.75, 3.05) is 13.2 Å². The third-order valence-corrected chi connectivity index (χ3v) is 5.89. The smallest absolute Gasteiger partial charge is 0.295 e. The van der Waals surface area contributed by atoms with Gasteiger partial charge in [0.05, 0.1) is 18.2 Å². The Morgan fingerprint density at radius 1 is 1.10 bits per heavy atom. The minimum absolute atomic E-state index is 0.141. The average Bonchev–Trinajstić information content (AvgIpc) is 3.34. The number of amides is 1. The molecule has 0 spiro atoms. The molecule has 1 aliphatic rings. The van der Waals surface area contributed by atoms with E-state index in [1.807, 2.05) is 24.4 Å². The van der Waals surface area contributed by atoms with Crippen molar-refractivity contribution in [3.63, 3.8) is 0 Å². The maximum Gasteiger partial charge on any atom is 0.295 e. The highest BCUT2D eigenvalue weighted by molar-refractivity contribution is 7.10. The number of carbonyl (C=O) groups is 2. The number of unbranched alkanes of at least 4 members (excludes halogenated alkanes) is 2.